The van der Waals surface area contributed by atoms with Gasteiger partial charge in [0.1, 0.15) is 0 Å². The zero-order valence-corrected chi connectivity index (χ0v) is 16.6. The summed E-state index contributed by atoms with van der Waals surface area (Å²) >= 11 is 0. The second-order valence-electron chi connectivity index (χ2n) is 7.62. The van der Waals surface area contributed by atoms with Gasteiger partial charge in [-0.15, -0.1) is 0 Å². The molecule has 0 spiro atoms. The van der Waals surface area contributed by atoms with Gasteiger partial charge in [-0.05, 0) is 66.3 Å². The third-order valence-electron chi connectivity index (χ3n) is 5.25. The Labute approximate surface area is 170 Å². The minimum atomic E-state index is -0.343. The lowest BCUT2D eigenvalue weighted by atomic mass is 9.94. The fourth-order valence-electron chi connectivity index (χ4n) is 3.67. The lowest BCUT2D eigenvalue weighted by Crippen LogP contribution is -2.35. The molecule has 0 aliphatic carbocycles. The molecule has 1 aliphatic rings. The number of rotatable bonds is 4. The monoisotopic (exact) mass is 388 g/mol. The maximum atomic E-state index is 13.2. The molecule has 0 saturated heterocycles. The number of carbonyl (C=O) groups is 2. The van der Waals surface area contributed by atoms with Crippen LogP contribution in [0.3, 0.4) is 0 Å². The number of fused-ring (bicyclic) bond motifs is 1. The molecule has 0 atom stereocenters. The van der Waals surface area contributed by atoms with E-state index >= 15 is 0 Å². The third kappa shape index (κ3) is 3.94. The number of nitrogens with one attached hydrogen (secondary N) is 1. The van der Waals surface area contributed by atoms with Crippen LogP contribution in [-0.2, 0) is 6.42 Å². The minimum absolute atomic E-state index is 0.0580. The number of amides is 2. The van der Waals surface area contributed by atoms with Gasteiger partial charge in [0.2, 0.25) is 0 Å². The molecule has 2 amide bonds. The Hall–Kier alpha value is -3.34. The first kappa shape index (κ1) is 19.0. The van der Waals surface area contributed by atoms with E-state index in [0.29, 0.717) is 23.7 Å². The quantitative estimate of drug-likeness (QED) is 0.664. The van der Waals surface area contributed by atoms with Gasteiger partial charge < -0.3 is 14.6 Å². The molecule has 0 fully saturated rings. The predicted octanol–water partition coefficient (Wildman–Crippen LogP) is 5.25. The van der Waals surface area contributed by atoms with Gasteiger partial charge in [-0.3, -0.25) is 9.59 Å². The van der Waals surface area contributed by atoms with E-state index in [4.69, 9.17) is 4.42 Å². The first-order valence-corrected chi connectivity index (χ1v) is 9.92. The molecule has 1 aliphatic heterocycles. The second-order valence-corrected chi connectivity index (χ2v) is 7.62. The van der Waals surface area contributed by atoms with Crippen LogP contribution in [0.4, 0.5) is 11.4 Å². The zero-order chi connectivity index (χ0) is 20.4. The van der Waals surface area contributed by atoms with Gasteiger partial charge >= 0.3 is 0 Å². The van der Waals surface area contributed by atoms with Crippen molar-refractivity contribution in [1.29, 1.82) is 0 Å². The topological polar surface area (TPSA) is 62.6 Å². The molecule has 0 unspecified atom stereocenters. The summed E-state index contributed by atoms with van der Waals surface area (Å²) in [4.78, 5) is 27.3. The van der Waals surface area contributed by atoms with Gasteiger partial charge in [-0.1, -0.05) is 32.0 Å². The Kier molecular flexibility index (Phi) is 5.21. The van der Waals surface area contributed by atoms with E-state index in [0.717, 1.165) is 18.5 Å². The largest absolute Gasteiger partial charge is 0.459 e. The highest BCUT2D eigenvalue weighted by Gasteiger charge is 2.24. The highest BCUT2D eigenvalue weighted by Crippen LogP contribution is 2.31. The standard InChI is InChI=1S/C24H24N2O3/c1-16(2)17-10-11-21-18(14-17)7-4-12-26(21)24(28)19-6-3-8-20(15-19)25-23(27)22-9-5-13-29-22/h3,5-6,8-11,13-16H,4,7,12H2,1-2H3,(H,25,27). The molecule has 0 saturated carbocycles. The van der Waals surface area contributed by atoms with Crippen LogP contribution in [0.15, 0.2) is 65.3 Å². The van der Waals surface area contributed by atoms with Gasteiger partial charge in [0.05, 0.1) is 6.26 Å². The van der Waals surface area contributed by atoms with Crippen LogP contribution in [0.2, 0.25) is 0 Å². The summed E-state index contributed by atoms with van der Waals surface area (Å²) in [7, 11) is 0. The van der Waals surface area contributed by atoms with E-state index in [1.54, 1.807) is 36.4 Å². The molecule has 148 valence electrons. The van der Waals surface area contributed by atoms with Crippen LogP contribution in [-0.4, -0.2) is 18.4 Å². The number of nitrogens with zero attached hydrogens (tertiary/aromatic N) is 1. The second kappa shape index (κ2) is 7.95. The van der Waals surface area contributed by atoms with Crippen LogP contribution in [0.5, 0.6) is 0 Å². The van der Waals surface area contributed by atoms with E-state index in [1.807, 2.05) is 4.90 Å². The number of furan rings is 1. The molecular formula is C24H24N2O3. The van der Waals surface area contributed by atoms with Crippen molar-refractivity contribution >= 4 is 23.2 Å². The lowest BCUT2D eigenvalue weighted by Gasteiger charge is -2.30. The van der Waals surface area contributed by atoms with Crippen molar-refractivity contribution in [3.8, 4) is 0 Å². The van der Waals surface area contributed by atoms with E-state index < -0.39 is 0 Å². The van der Waals surface area contributed by atoms with Crippen molar-refractivity contribution < 1.29 is 14.0 Å². The molecule has 5 nitrogen and oxygen atoms in total. The van der Waals surface area contributed by atoms with Gasteiger partial charge in [0, 0.05) is 23.5 Å². The van der Waals surface area contributed by atoms with Crippen LogP contribution >= 0.6 is 0 Å². The van der Waals surface area contributed by atoms with Crippen molar-refractivity contribution in [3.63, 3.8) is 0 Å². The summed E-state index contributed by atoms with van der Waals surface area (Å²) in [6.45, 7) is 5.04. The summed E-state index contributed by atoms with van der Waals surface area (Å²) in [5.41, 5.74) is 4.60. The number of benzene rings is 2. The number of carbonyl (C=O) groups excluding carboxylic acids is 2. The SMILES string of the molecule is CC(C)c1ccc2c(c1)CCCN2C(=O)c1cccc(NC(=O)c2ccco2)c1. The van der Waals surface area contributed by atoms with Crippen LogP contribution in [0.1, 0.15) is 58.2 Å². The Morgan fingerprint density at radius 2 is 1.93 bits per heavy atom. The van der Waals surface area contributed by atoms with E-state index in [-0.39, 0.29) is 17.6 Å². The van der Waals surface area contributed by atoms with Crippen LogP contribution in [0, 0.1) is 0 Å². The van der Waals surface area contributed by atoms with Crippen molar-refractivity contribution in [2.75, 3.05) is 16.8 Å². The molecule has 2 aromatic carbocycles. The molecule has 0 bridgehead atoms. The first-order valence-electron chi connectivity index (χ1n) is 9.92. The molecular weight excluding hydrogens is 364 g/mol. The van der Waals surface area contributed by atoms with Crippen molar-refractivity contribution in [1.82, 2.24) is 0 Å². The van der Waals surface area contributed by atoms with E-state index in [1.165, 1.54) is 17.4 Å². The zero-order valence-electron chi connectivity index (χ0n) is 16.6. The highest BCUT2D eigenvalue weighted by atomic mass is 16.3. The van der Waals surface area contributed by atoms with E-state index in [2.05, 4.69) is 37.4 Å². The van der Waals surface area contributed by atoms with Crippen molar-refractivity contribution in [2.45, 2.75) is 32.6 Å². The van der Waals surface area contributed by atoms with Crippen molar-refractivity contribution in [3.05, 3.63) is 83.3 Å². The Morgan fingerprint density at radius 1 is 1.07 bits per heavy atom. The third-order valence-corrected chi connectivity index (χ3v) is 5.25. The smallest absolute Gasteiger partial charge is 0.291 e. The highest BCUT2D eigenvalue weighted by molar-refractivity contribution is 6.08. The molecule has 1 aromatic heterocycles. The van der Waals surface area contributed by atoms with Crippen LogP contribution < -0.4 is 10.2 Å². The molecule has 5 heteroatoms. The number of anilines is 2. The van der Waals surface area contributed by atoms with Crippen LogP contribution in [0.25, 0.3) is 0 Å². The maximum Gasteiger partial charge on any atom is 0.291 e. The van der Waals surface area contributed by atoms with Gasteiger partial charge in [-0.2, -0.15) is 0 Å². The summed E-state index contributed by atoms with van der Waals surface area (Å²) in [6.07, 6.45) is 3.38. The Morgan fingerprint density at radius 3 is 2.69 bits per heavy atom. The summed E-state index contributed by atoms with van der Waals surface area (Å²) in [6, 6.07) is 16.7. The molecule has 4 rings (SSSR count). The summed E-state index contributed by atoms with van der Waals surface area (Å²) in [5.74, 6) is 0.287. The fraction of sp³-hybridized carbons (Fsp3) is 0.250. The average Bonchev–Trinajstić information content (AvgIpc) is 3.27. The Bertz CT molecular complexity index is 1040. The first-order chi connectivity index (χ1) is 14.0. The number of hydrogen-bond donors (Lipinski definition) is 1. The van der Waals surface area contributed by atoms with Gasteiger partial charge in [0.15, 0.2) is 5.76 Å². The molecule has 3 aromatic rings. The molecule has 29 heavy (non-hydrogen) atoms. The molecule has 0 radical (unpaired) electrons. The fourth-order valence-corrected chi connectivity index (χ4v) is 3.67. The predicted molar refractivity (Wildman–Crippen MR) is 114 cm³/mol. The molecule has 2 heterocycles. The van der Waals surface area contributed by atoms with Gasteiger partial charge in [0.25, 0.3) is 11.8 Å². The number of hydrogen-bond acceptors (Lipinski definition) is 3. The number of aryl methyl sites for hydroxylation is 1. The summed E-state index contributed by atoms with van der Waals surface area (Å²) in [5, 5.41) is 2.78. The Balaban J connectivity index is 1.57. The van der Waals surface area contributed by atoms with E-state index in [9.17, 15) is 9.59 Å². The van der Waals surface area contributed by atoms with Gasteiger partial charge in [-0.25, -0.2) is 0 Å². The normalized spacial score (nSPS) is 13.3. The minimum Gasteiger partial charge on any atom is -0.459 e. The van der Waals surface area contributed by atoms with Crippen molar-refractivity contribution in [2.24, 2.45) is 0 Å². The summed E-state index contributed by atoms with van der Waals surface area (Å²) < 4.78 is 5.12. The lowest BCUT2D eigenvalue weighted by molar-refractivity contribution is 0.0979. The average molecular weight is 388 g/mol. The molecule has 1 N–H and O–H groups in total. The maximum absolute atomic E-state index is 13.2.